The fourth-order valence-electron chi connectivity index (χ4n) is 4.56. The van der Waals surface area contributed by atoms with Gasteiger partial charge in [0.25, 0.3) is 0 Å². The lowest BCUT2D eigenvalue weighted by Crippen LogP contribution is -1.92. The summed E-state index contributed by atoms with van der Waals surface area (Å²) in [4.78, 5) is 0. The minimum atomic E-state index is -1.91. The molecular weight excluding hydrogens is 439 g/mol. The van der Waals surface area contributed by atoms with Crippen LogP contribution in [0.1, 0.15) is 181 Å². The highest BCUT2D eigenvalue weighted by Crippen LogP contribution is 2.25. The number of unbranched alkanes of at least 4 members (excludes halogenated alkanes) is 24. The zero-order chi connectivity index (χ0) is 24.8. The van der Waals surface area contributed by atoms with E-state index in [9.17, 15) is 4.57 Å². The molecule has 0 heterocycles. The van der Waals surface area contributed by atoms with E-state index in [1.54, 1.807) is 0 Å². The molecular formula is C30H62O3P+. The predicted octanol–water partition coefficient (Wildman–Crippen LogP) is 11.9. The molecule has 0 rings (SSSR count). The molecule has 4 heteroatoms. The van der Waals surface area contributed by atoms with Crippen molar-refractivity contribution in [1.29, 1.82) is 0 Å². The smallest absolute Gasteiger partial charge is 0.119 e. The summed E-state index contributed by atoms with van der Waals surface area (Å²) in [7, 11) is -1.91. The molecule has 0 aromatic carbocycles. The Morgan fingerprint density at radius 3 is 0.794 bits per heavy atom. The first-order chi connectivity index (χ1) is 16.8. The van der Waals surface area contributed by atoms with E-state index in [1.807, 2.05) is 0 Å². The molecule has 0 N–H and O–H groups in total. The Kier molecular flexibility index (Phi) is 31.1. The largest absolute Gasteiger partial charge is 0.697 e. The third-order valence-corrected chi connectivity index (χ3v) is 7.68. The van der Waals surface area contributed by atoms with Crippen LogP contribution in [0.15, 0.2) is 0 Å². The van der Waals surface area contributed by atoms with Crippen molar-refractivity contribution >= 4 is 8.25 Å². The van der Waals surface area contributed by atoms with Gasteiger partial charge in [-0.1, -0.05) is 168 Å². The molecule has 0 saturated carbocycles. The molecule has 34 heavy (non-hydrogen) atoms. The molecule has 0 aliphatic rings. The van der Waals surface area contributed by atoms with Gasteiger partial charge in [-0.2, -0.15) is 0 Å². The Morgan fingerprint density at radius 2 is 0.559 bits per heavy atom. The summed E-state index contributed by atoms with van der Waals surface area (Å²) in [6, 6.07) is 0. The second kappa shape index (κ2) is 31.1. The summed E-state index contributed by atoms with van der Waals surface area (Å²) in [5.41, 5.74) is 0. The Labute approximate surface area is 215 Å². The maximum atomic E-state index is 11.8. The lowest BCUT2D eigenvalue weighted by Gasteiger charge is -2.02. The van der Waals surface area contributed by atoms with Gasteiger partial charge in [0.2, 0.25) is 0 Å². The molecule has 0 saturated heterocycles. The van der Waals surface area contributed by atoms with Crippen LogP contribution in [0.3, 0.4) is 0 Å². The van der Waals surface area contributed by atoms with Crippen LogP contribution in [0.4, 0.5) is 0 Å². The van der Waals surface area contributed by atoms with E-state index in [4.69, 9.17) is 9.05 Å². The normalized spacial score (nSPS) is 11.4. The van der Waals surface area contributed by atoms with E-state index in [0.717, 1.165) is 12.8 Å². The van der Waals surface area contributed by atoms with E-state index in [1.165, 1.54) is 154 Å². The Balaban J connectivity index is 3.14. The summed E-state index contributed by atoms with van der Waals surface area (Å²) in [6.07, 6.45) is 34.8. The van der Waals surface area contributed by atoms with Crippen molar-refractivity contribution in [2.24, 2.45) is 0 Å². The average molecular weight is 502 g/mol. The van der Waals surface area contributed by atoms with Gasteiger partial charge in [-0.25, -0.2) is 0 Å². The van der Waals surface area contributed by atoms with Crippen molar-refractivity contribution < 1.29 is 13.6 Å². The highest BCUT2D eigenvalue weighted by Gasteiger charge is 2.18. The number of rotatable bonds is 30. The minimum absolute atomic E-state index is 0.575. The topological polar surface area (TPSA) is 35.5 Å². The molecule has 0 aliphatic heterocycles. The summed E-state index contributed by atoms with van der Waals surface area (Å²) in [5, 5.41) is 0. The van der Waals surface area contributed by atoms with E-state index in [-0.39, 0.29) is 0 Å². The van der Waals surface area contributed by atoms with Gasteiger partial charge >= 0.3 is 8.25 Å². The van der Waals surface area contributed by atoms with Gasteiger partial charge in [0.15, 0.2) is 0 Å². The zero-order valence-electron chi connectivity index (χ0n) is 23.5. The first kappa shape index (κ1) is 34.0. The molecule has 0 radical (unpaired) electrons. The van der Waals surface area contributed by atoms with E-state index >= 15 is 0 Å². The number of hydrogen-bond donors (Lipinski definition) is 0. The number of hydrogen-bond acceptors (Lipinski definition) is 3. The molecule has 0 fully saturated rings. The third-order valence-electron chi connectivity index (χ3n) is 6.89. The van der Waals surface area contributed by atoms with Gasteiger partial charge < -0.3 is 0 Å². The van der Waals surface area contributed by atoms with Gasteiger partial charge in [-0.3, -0.25) is 0 Å². The van der Waals surface area contributed by atoms with E-state index in [2.05, 4.69) is 13.8 Å². The first-order valence-electron chi connectivity index (χ1n) is 15.5. The van der Waals surface area contributed by atoms with Crippen LogP contribution in [0.5, 0.6) is 0 Å². The van der Waals surface area contributed by atoms with Crippen LogP contribution >= 0.6 is 8.25 Å². The molecule has 0 aromatic rings. The van der Waals surface area contributed by atoms with Crippen molar-refractivity contribution in [2.45, 2.75) is 181 Å². The van der Waals surface area contributed by atoms with Crippen LogP contribution in [0.25, 0.3) is 0 Å². The summed E-state index contributed by atoms with van der Waals surface area (Å²) >= 11 is 0. The lowest BCUT2D eigenvalue weighted by molar-refractivity contribution is 0.218. The Morgan fingerprint density at radius 1 is 0.353 bits per heavy atom. The summed E-state index contributed by atoms with van der Waals surface area (Å²) < 4.78 is 22.5. The average Bonchev–Trinajstić information content (AvgIpc) is 2.84. The minimum Gasteiger partial charge on any atom is -0.119 e. The quantitative estimate of drug-likeness (QED) is 0.0725. The van der Waals surface area contributed by atoms with E-state index in [0.29, 0.717) is 13.2 Å². The maximum absolute atomic E-state index is 11.8. The van der Waals surface area contributed by atoms with Crippen LogP contribution < -0.4 is 0 Å². The van der Waals surface area contributed by atoms with Crippen LogP contribution in [-0.2, 0) is 13.6 Å². The standard InChI is InChI=1S/C30H62O3P/c1-3-5-7-9-11-13-15-17-19-21-23-25-27-29-32-34(31)33-30-28-26-24-22-20-18-16-14-12-10-8-6-4-2/h3-30H2,1-2H3/q+1. The van der Waals surface area contributed by atoms with Crippen molar-refractivity contribution in [1.82, 2.24) is 0 Å². The fourth-order valence-corrected chi connectivity index (χ4v) is 5.19. The second-order valence-corrected chi connectivity index (χ2v) is 11.3. The Hall–Kier alpha value is 0.0200. The SMILES string of the molecule is CCCCCCCCCCCCCCCO[P+](=O)OCCCCCCCCCCCCCCC. The molecule has 0 spiro atoms. The predicted molar refractivity (Wildman–Crippen MR) is 151 cm³/mol. The highest BCUT2D eigenvalue weighted by molar-refractivity contribution is 7.33. The maximum Gasteiger partial charge on any atom is 0.697 e. The van der Waals surface area contributed by atoms with Gasteiger partial charge in [-0.05, 0) is 12.8 Å². The molecule has 0 bridgehead atoms. The lowest BCUT2D eigenvalue weighted by atomic mass is 10.0. The Bertz CT molecular complexity index is 355. The molecule has 204 valence electrons. The fraction of sp³-hybridized carbons (Fsp3) is 1.00. The molecule has 3 nitrogen and oxygen atoms in total. The van der Waals surface area contributed by atoms with Crippen LogP contribution in [0, 0.1) is 0 Å². The van der Waals surface area contributed by atoms with Crippen LogP contribution in [-0.4, -0.2) is 13.2 Å². The molecule has 0 atom stereocenters. The van der Waals surface area contributed by atoms with Gasteiger partial charge in [0.1, 0.15) is 13.2 Å². The van der Waals surface area contributed by atoms with Gasteiger partial charge in [-0.15, -0.1) is 9.05 Å². The molecule has 0 unspecified atom stereocenters. The zero-order valence-corrected chi connectivity index (χ0v) is 24.4. The molecule has 0 aliphatic carbocycles. The second-order valence-electron chi connectivity index (χ2n) is 10.4. The van der Waals surface area contributed by atoms with Crippen molar-refractivity contribution in [3.8, 4) is 0 Å². The summed E-state index contributed by atoms with van der Waals surface area (Å²) in [6.45, 7) is 5.71. The first-order valence-corrected chi connectivity index (χ1v) is 16.6. The van der Waals surface area contributed by atoms with Crippen molar-refractivity contribution in [2.75, 3.05) is 13.2 Å². The van der Waals surface area contributed by atoms with Crippen molar-refractivity contribution in [3.05, 3.63) is 0 Å². The van der Waals surface area contributed by atoms with E-state index < -0.39 is 8.25 Å². The van der Waals surface area contributed by atoms with Gasteiger partial charge in [0, 0.05) is 4.57 Å². The van der Waals surface area contributed by atoms with Crippen LogP contribution in [0.2, 0.25) is 0 Å². The van der Waals surface area contributed by atoms with Crippen molar-refractivity contribution in [3.63, 3.8) is 0 Å². The van der Waals surface area contributed by atoms with Gasteiger partial charge in [0.05, 0.1) is 0 Å². The summed E-state index contributed by atoms with van der Waals surface area (Å²) in [5.74, 6) is 0. The molecule has 0 amide bonds. The molecule has 0 aromatic heterocycles. The monoisotopic (exact) mass is 501 g/mol. The highest BCUT2D eigenvalue weighted by atomic mass is 31.1. The third kappa shape index (κ3) is 30.1.